The molecule has 0 saturated heterocycles. The van der Waals surface area contributed by atoms with Gasteiger partial charge in [-0.05, 0) is 55.0 Å². The van der Waals surface area contributed by atoms with Gasteiger partial charge in [0.2, 0.25) is 10.0 Å². The molecule has 1 aliphatic heterocycles. The van der Waals surface area contributed by atoms with Gasteiger partial charge in [0.15, 0.2) is 0 Å². The molecule has 1 atom stereocenters. The molecule has 1 aromatic carbocycles. The van der Waals surface area contributed by atoms with Crippen molar-refractivity contribution in [3.63, 3.8) is 0 Å². The van der Waals surface area contributed by atoms with Crippen LogP contribution in [0.25, 0.3) is 5.57 Å². The van der Waals surface area contributed by atoms with Crippen molar-refractivity contribution in [1.82, 2.24) is 9.71 Å². The maximum atomic E-state index is 13.0. The molecule has 8 nitrogen and oxygen atoms in total. The third kappa shape index (κ3) is 6.05. The summed E-state index contributed by atoms with van der Waals surface area (Å²) in [6, 6.07) is 5.07. The molecule has 1 unspecified atom stereocenters. The summed E-state index contributed by atoms with van der Waals surface area (Å²) in [6.07, 6.45) is 2.24. The molecule has 3 N–H and O–H groups in total. The number of hydrogen-bond donors (Lipinski definition) is 3. The Balaban J connectivity index is 1.61. The van der Waals surface area contributed by atoms with E-state index in [1.165, 1.54) is 12.1 Å². The largest absolute Gasteiger partial charge is 0.416 e. The fourth-order valence-corrected chi connectivity index (χ4v) is 5.32. The van der Waals surface area contributed by atoms with E-state index in [2.05, 4.69) is 20.3 Å². The second kappa shape index (κ2) is 10.6. The highest BCUT2D eigenvalue weighted by Crippen LogP contribution is 2.39. The molecule has 194 valence electrons. The molecule has 1 aliphatic carbocycles. The monoisotopic (exact) mass is 524 g/mol. The Labute approximate surface area is 207 Å². The summed E-state index contributed by atoms with van der Waals surface area (Å²) in [4.78, 5) is 16.5. The number of hydrogen-bond acceptors (Lipinski definition) is 5. The molecule has 12 heteroatoms. The number of halogens is 3. The van der Waals surface area contributed by atoms with E-state index in [-0.39, 0.29) is 29.0 Å². The zero-order valence-electron chi connectivity index (χ0n) is 19.6. The molecular weight excluding hydrogens is 497 g/mol. The molecule has 1 aromatic heterocycles. The number of anilines is 2. The average Bonchev–Trinajstić information content (AvgIpc) is 2.77. The number of sulfonamides is 1. The predicted octanol–water partition coefficient (Wildman–Crippen LogP) is 5.02. The van der Waals surface area contributed by atoms with Crippen LogP contribution in [-0.2, 0) is 20.9 Å². The molecule has 2 aromatic rings. The summed E-state index contributed by atoms with van der Waals surface area (Å²) in [5.74, 6) is 0.171. The number of carbonyl (C=O) groups is 1. The summed E-state index contributed by atoms with van der Waals surface area (Å²) in [7, 11) is -3.82. The van der Waals surface area contributed by atoms with Crippen LogP contribution in [0.3, 0.4) is 0 Å². The maximum absolute atomic E-state index is 13.0. The number of pyridine rings is 1. The summed E-state index contributed by atoms with van der Waals surface area (Å²) in [6.45, 7) is 2.22. The van der Waals surface area contributed by atoms with Crippen LogP contribution in [0.15, 0.2) is 47.5 Å². The molecule has 2 heterocycles. The Kier molecular flexibility index (Phi) is 7.67. The van der Waals surface area contributed by atoms with Crippen molar-refractivity contribution in [3.05, 3.63) is 53.7 Å². The average molecular weight is 525 g/mol. The number of benzene rings is 1. The van der Waals surface area contributed by atoms with E-state index in [1.54, 1.807) is 13.0 Å². The quantitative estimate of drug-likeness (QED) is 0.472. The lowest BCUT2D eigenvalue weighted by Gasteiger charge is -2.36. The Bertz CT molecular complexity index is 1260. The number of nitrogens with zero attached hydrogens (tertiary/aromatic N) is 1. The number of amides is 2. The topological polar surface area (TPSA) is 109 Å². The summed E-state index contributed by atoms with van der Waals surface area (Å²) >= 11 is 0. The van der Waals surface area contributed by atoms with E-state index < -0.39 is 27.8 Å². The van der Waals surface area contributed by atoms with Crippen LogP contribution in [0.1, 0.15) is 43.7 Å². The van der Waals surface area contributed by atoms with E-state index in [0.29, 0.717) is 24.5 Å². The van der Waals surface area contributed by atoms with Gasteiger partial charge in [-0.1, -0.05) is 25.5 Å². The lowest BCUT2D eigenvalue weighted by atomic mass is 9.77. The number of nitrogens with one attached hydrogen (secondary N) is 3. The van der Waals surface area contributed by atoms with Crippen LogP contribution in [-0.4, -0.2) is 38.7 Å². The van der Waals surface area contributed by atoms with Crippen LogP contribution in [0.4, 0.5) is 29.5 Å². The highest BCUT2D eigenvalue weighted by Gasteiger charge is 2.32. The van der Waals surface area contributed by atoms with Gasteiger partial charge in [0, 0.05) is 18.3 Å². The molecule has 1 saturated carbocycles. The van der Waals surface area contributed by atoms with Crippen LogP contribution < -0.4 is 15.4 Å². The molecule has 1 fully saturated rings. The molecule has 0 radical (unpaired) electrons. The van der Waals surface area contributed by atoms with E-state index in [0.717, 1.165) is 43.2 Å². The Morgan fingerprint density at radius 1 is 1.17 bits per heavy atom. The fraction of sp³-hybridized carbons (Fsp3) is 0.417. The van der Waals surface area contributed by atoms with Crippen molar-refractivity contribution in [2.45, 2.75) is 49.8 Å². The number of ether oxygens (including phenoxy) is 1. The molecular formula is C24H27F3N4O4S. The Hall–Kier alpha value is -2.96. The minimum Gasteiger partial charge on any atom is -0.374 e. The predicted molar refractivity (Wildman–Crippen MR) is 129 cm³/mol. The molecule has 0 spiro atoms. The summed E-state index contributed by atoms with van der Waals surface area (Å²) in [5, 5.41) is 4.89. The smallest absolute Gasteiger partial charge is 0.374 e. The fourth-order valence-electron chi connectivity index (χ4n) is 4.26. The third-order valence-electron chi connectivity index (χ3n) is 6.30. The van der Waals surface area contributed by atoms with Crippen LogP contribution >= 0.6 is 0 Å². The van der Waals surface area contributed by atoms with Gasteiger partial charge in [-0.15, -0.1) is 0 Å². The second-order valence-electron chi connectivity index (χ2n) is 8.71. The van der Waals surface area contributed by atoms with Gasteiger partial charge in [0.05, 0.1) is 28.9 Å². The standard InChI is InChI=1S/C24H27F3N4O4S/c1-2-29-36(33,34)18-6-7-19(16-9-11-35-21(12-16)15-4-3-5-15)20(14-18)30-23(32)31-22-13-17(8-10-28-22)24(25,26)27/h6-10,13-15,21,29H,2-5,11-12H2,1H3,(H2,28,30,31,32). The normalized spacial score (nSPS) is 18.8. The number of rotatable bonds is 7. The lowest BCUT2D eigenvalue weighted by Crippen LogP contribution is -2.32. The van der Waals surface area contributed by atoms with Crippen LogP contribution in [0, 0.1) is 5.92 Å². The summed E-state index contributed by atoms with van der Waals surface area (Å²) < 4.78 is 72.5. The van der Waals surface area contributed by atoms with E-state index in [4.69, 9.17) is 4.74 Å². The van der Waals surface area contributed by atoms with Gasteiger partial charge in [0.25, 0.3) is 0 Å². The van der Waals surface area contributed by atoms with E-state index in [1.807, 2.05) is 6.08 Å². The van der Waals surface area contributed by atoms with Crippen molar-refractivity contribution in [2.75, 3.05) is 23.8 Å². The highest BCUT2D eigenvalue weighted by molar-refractivity contribution is 7.89. The molecule has 0 bridgehead atoms. The van der Waals surface area contributed by atoms with Crippen molar-refractivity contribution >= 4 is 33.1 Å². The second-order valence-corrected chi connectivity index (χ2v) is 10.5. The van der Waals surface area contributed by atoms with Crippen molar-refractivity contribution in [3.8, 4) is 0 Å². The number of alkyl halides is 3. The SMILES string of the molecule is CCNS(=O)(=O)c1ccc(C2=CCOC(C3CCC3)C2)c(NC(=O)Nc2cc(C(F)(F)F)ccn2)c1. The van der Waals surface area contributed by atoms with Gasteiger partial charge in [0.1, 0.15) is 5.82 Å². The first kappa shape index (κ1) is 26.1. The van der Waals surface area contributed by atoms with Crippen LogP contribution in [0.5, 0.6) is 0 Å². The van der Waals surface area contributed by atoms with Crippen molar-refractivity contribution < 1.29 is 31.1 Å². The van der Waals surface area contributed by atoms with Gasteiger partial charge in [-0.3, -0.25) is 5.32 Å². The number of aromatic nitrogens is 1. The number of carbonyl (C=O) groups excluding carboxylic acids is 1. The maximum Gasteiger partial charge on any atom is 0.416 e. The lowest BCUT2D eigenvalue weighted by molar-refractivity contribution is -0.137. The molecule has 2 aliphatic rings. The molecule has 2 amide bonds. The minimum atomic E-state index is -4.59. The van der Waals surface area contributed by atoms with Gasteiger partial charge < -0.3 is 10.1 Å². The van der Waals surface area contributed by atoms with Crippen molar-refractivity contribution in [1.29, 1.82) is 0 Å². The first-order valence-electron chi connectivity index (χ1n) is 11.6. The molecule has 4 rings (SSSR count). The zero-order valence-corrected chi connectivity index (χ0v) is 20.4. The number of urea groups is 1. The summed E-state index contributed by atoms with van der Waals surface area (Å²) in [5.41, 5.74) is 0.767. The minimum absolute atomic E-state index is 0.0416. The highest BCUT2D eigenvalue weighted by atomic mass is 32.2. The van der Waals surface area contributed by atoms with E-state index in [9.17, 15) is 26.4 Å². The van der Waals surface area contributed by atoms with Gasteiger partial charge in [-0.2, -0.15) is 13.2 Å². The van der Waals surface area contributed by atoms with Gasteiger partial charge >= 0.3 is 12.2 Å². The first-order chi connectivity index (χ1) is 17.1. The van der Waals surface area contributed by atoms with Gasteiger partial charge in [-0.25, -0.2) is 22.9 Å². The Morgan fingerprint density at radius 2 is 1.94 bits per heavy atom. The zero-order chi connectivity index (χ0) is 25.9. The Morgan fingerprint density at radius 3 is 2.61 bits per heavy atom. The van der Waals surface area contributed by atoms with E-state index >= 15 is 0 Å². The van der Waals surface area contributed by atoms with Crippen molar-refractivity contribution in [2.24, 2.45) is 5.92 Å². The van der Waals surface area contributed by atoms with Crippen LogP contribution in [0.2, 0.25) is 0 Å². The molecule has 36 heavy (non-hydrogen) atoms. The third-order valence-corrected chi connectivity index (χ3v) is 7.84. The first-order valence-corrected chi connectivity index (χ1v) is 13.1.